The zero-order valence-corrected chi connectivity index (χ0v) is 15.3. The van der Waals surface area contributed by atoms with Crippen LogP contribution in [0, 0.1) is 5.82 Å². The van der Waals surface area contributed by atoms with E-state index in [0.29, 0.717) is 37.3 Å². The van der Waals surface area contributed by atoms with Gasteiger partial charge in [0.25, 0.3) is 5.91 Å². The van der Waals surface area contributed by atoms with Crippen LogP contribution < -0.4 is 0 Å². The number of hydrogen-bond acceptors (Lipinski definition) is 4. The summed E-state index contributed by atoms with van der Waals surface area (Å²) in [6.07, 6.45) is 2.38. The molecule has 5 nitrogen and oxygen atoms in total. The van der Waals surface area contributed by atoms with Gasteiger partial charge in [0.2, 0.25) is 5.89 Å². The van der Waals surface area contributed by atoms with Gasteiger partial charge in [0.05, 0.1) is 6.54 Å². The van der Waals surface area contributed by atoms with Gasteiger partial charge in [0.15, 0.2) is 5.69 Å². The van der Waals surface area contributed by atoms with Gasteiger partial charge in [-0.25, -0.2) is 9.37 Å². The Kier molecular flexibility index (Phi) is 6.70. The molecular weight excluding hydrogens is 321 g/mol. The Balaban J connectivity index is 2.10. The number of nitrogens with zero attached hydrogens (tertiary/aromatic N) is 3. The second-order valence-electron chi connectivity index (χ2n) is 6.23. The molecule has 0 saturated heterocycles. The first kappa shape index (κ1) is 19.1. The number of carbonyl (C=O) groups excluding carboxylic acids is 1. The van der Waals surface area contributed by atoms with Gasteiger partial charge in [-0.15, -0.1) is 0 Å². The van der Waals surface area contributed by atoms with Gasteiger partial charge in [-0.1, -0.05) is 19.1 Å². The second kappa shape index (κ2) is 8.76. The van der Waals surface area contributed by atoms with Gasteiger partial charge in [0, 0.05) is 26.2 Å². The Morgan fingerprint density at radius 1 is 1.24 bits per heavy atom. The third-order valence-corrected chi connectivity index (χ3v) is 4.44. The van der Waals surface area contributed by atoms with Crippen molar-refractivity contribution in [1.29, 1.82) is 0 Å². The van der Waals surface area contributed by atoms with Crippen LogP contribution in [-0.4, -0.2) is 40.3 Å². The zero-order valence-electron chi connectivity index (χ0n) is 15.3. The summed E-state index contributed by atoms with van der Waals surface area (Å²) in [5.74, 6) is 0.121. The predicted octanol–water partition coefficient (Wildman–Crippen LogP) is 3.71. The van der Waals surface area contributed by atoms with E-state index in [9.17, 15) is 9.18 Å². The van der Waals surface area contributed by atoms with E-state index in [1.165, 1.54) is 18.4 Å². The molecule has 1 aromatic heterocycles. The van der Waals surface area contributed by atoms with Gasteiger partial charge in [-0.3, -0.25) is 9.69 Å². The standard InChI is InChI=1S/C19H26FN3O2/c1-5-14(3)23(11-15-7-9-16(20)10-8-15)12-18-21-17(13-25-18)19(24)22(4)6-2/h7-10,13-14H,5-6,11-12H2,1-4H3. The maximum absolute atomic E-state index is 13.1. The molecule has 2 aromatic rings. The Morgan fingerprint density at radius 3 is 2.52 bits per heavy atom. The van der Waals surface area contributed by atoms with E-state index in [1.54, 1.807) is 24.1 Å². The molecule has 0 bridgehead atoms. The summed E-state index contributed by atoms with van der Waals surface area (Å²) in [6.45, 7) is 7.93. The van der Waals surface area contributed by atoms with Crippen molar-refractivity contribution in [2.24, 2.45) is 0 Å². The lowest BCUT2D eigenvalue weighted by Crippen LogP contribution is -2.32. The van der Waals surface area contributed by atoms with Crippen molar-refractivity contribution < 1.29 is 13.6 Å². The van der Waals surface area contributed by atoms with Gasteiger partial charge >= 0.3 is 0 Å². The van der Waals surface area contributed by atoms with E-state index in [4.69, 9.17) is 4.42 Å². The summed E-state index contributed by atoms with van der Waals surface area (Å²) in [5.41, 5.74) is 1.35. The number of halogens is 1. The molecule has 0 saturated carbocycles. The van der Waals surface area contributed by atoms with Crippen LogP contribution in [0.3, 0.4) is 0 Å². The summed E-state index contributed by atoms with van der Waals surface area (Å²) in [6, 6.07) is 6.80. The molecule has 1 aromatic carbocycles. The molecule has 136 valence electrons. The van der Waals surface area contributed by atoms with E-state index >= 15 is 0 Å². The van der Waals surface area contributed by atoms with Crippen molar-refractivity contribution in [2.45, 2.75) is 46.3 Å². The first-order chi connectivity index (χ1) is 11.9. The summed E-state index contributed by atoms with van der Waals surface area (Å²) in [7, 11) is 1.73. The SMILES string of the molecule is CCC(C)N(Cc1ccc(F)cc1)Cc1nc(C(=O)N(C)CC)co1. The van der Waals surface area contributed by atoms with Crippen molar-refractivity contribution in [3.63, 3.8) is 0 Å². The molecule has 0 aliphatic rings. The largest absolute Gasteiger partial charge is 0.447 e. The molecule has 0 N–H and O–H groups in total. The van der Waals surface area contributed by atoms with Crippen LogP contribution in [0.1, 0.15) is 49.1 Å². The zero-order chi connectivity index (χ0) is 18.4. The minimum Gasteiger partial charge on any atom is -0.447 e. The van der Waals surface area contributed by atoms with Gasteiger partial charge < -0.3 is 9.32 Å². The third-order valence-electron chi connectivity index (χ3n) is 4.44. The van der Waals surface area contributed by atoms with E-state index in [2.05, 4.69) is 23.7 Å². The first-order valence-electron chi connectivity index (χ1n) is 8.62. The Bertz CT molecular complexity index is 684. The topological polar surface area (TPSA) is 49.6 Å². The lowest BCUT2D eigenvalue weighted by Gasteiger charge is -2.27. The van der Waals surface area contributed by atoms with Crippen LogP contribution in [-0.2, 0) is 13.1 Å². The van der Waals surface area contributed by atoms with Crippen molar-refractivity contribution >= 4 is 5.91 Å². The van der Waals surface area contributed by atoms with Gasteiger partial charge in [-0.2, -0.15) is 0 Å². The van der Waals surface area contributed by atoms with Crippen molar-refractivity contribution in [1.82, 2.24) is 14.8 Å². The molecule has 0 aliphatic heterocycles. The fraction of sp³-hybridized carbons (Fsp3) is 0.474. The van der Waals surface area contributed by atoms with Crippen molar-refractivity contribution in [2.75, 3.05) is 13.6 Å². The Morgan fingerprint density at radius 2 is 1.92 bits per heavy atom. The number of rotatable bonds is 8. The molecule has 1 amide bonds. The summed E-state index contributed by atoms with van der Waals surface area (Å²) < 4.78 is 18.6. The number of oxazole rings is 1. The van der Waals surface area contributed by atoms with Crippen LogP contribution in [0.2, 0.25) is 0 Å². The number of carbonyl (C=O) groups is 1. The van der Waals surface area contributed by atoms with Crippen LogP contribution >= 0.6 is 0 Å². The van der Waals surface area contributed by atoms with Crippen molar-refractivity contribution in [3.8, 4) is 0 Å². The quantitative estimate of drug-likeness (QED) is 0.730. The van der Waals surface area contributed by atoms with E-state index in [0.717, 1.165) is 12.0 Å². The fourth-order valence-electron chi connectivity index (χ4n) is 2.44. The smallest absolute Gasteiger partial charge is 0.275 e. The number of benzene rings is 1. The van der Waals surface area contributed by atoms with Crippen LogP contribution in [0.5, 0.6) is 0 Å². The predicted molar refractivity (Wildman–Crippen MR) is 94.5 cm³/mol. The molecule has 25 heavy (non-hydrogen) atoms. The maximum atomic E-state index is 13.1. The van der Waals surface area contributed by atoms with Crippen LogP contribution in [0.25, 0.3) is 0 Å². The van der Waals surface area contributed by atoms with E-state index in [-0.39, 0.29) is 11.7 Å². The van der Waals surface area contributed by atoms with Gasteiger partial charge in [0.1, 0.15) is 12.1 Å². The third kappa shape index (κ3) is 5.13. The normalized spacial score (nSPS) is 12.4. The molecule has 0 spiro atoms. The van der Waals surface area contributed by atoms with Crippen LogP contribution in [0.4, 0.5) is 4.39 Å². The highest BCUT2D eigenvalue weighted by atomic mass is 19.1. The summed E-state index contributed by atoms with van der Waals surface area (Å²) in [5, 5.41) is 0. The monoisotopic (exact) mass is 347 g/mol. The second-order valence-corrected chi connectivity index (χ2v) is 6.23. The Hall–Kier alpha value is -2.21. The minimum atomic E-state index is -0.241. The van der Waals surface area contributed by atoms with E-state index in [1.807, 2.05) is 6.92 Å². The molecule has 1 heterocycles. The lowest BCUT2D eigenvalue weighted by molar-refractivity contribution is 0.0796. The highest BCUT2D eigenvalue weighted by Crippen LogP contribution is 2.16. The van der Waals surface area contributed by atoms with Crippen molar-refractivity contribution in [3.05, 3.63) is 53.5 Å². The van der Waals surface area contributed by atoms with E-state index < -0.39 is 0 Å². The highest BCUT2D eigenvalue weighted by Gasteiger charge is 2.19. The molecule has 2 rings (SSSR count). The van der Waals surface area contributed by atoms with Gasteiger partial charge in [-0.05, 0) is 38.0 Å². The Labute approximate surface area is 148 Å². The molecule has 0 radical (unpaired) electrons. The molecule has 1 atom stereocenters. The average Bonchev–Trinajstić information content (AvgIpc) is 3.09. The summed E-state index contributed by atoms with van der Waals surface area (Å²) >= 11 is 0. The minimum absolute atomic E-state index is 0.147. The highest BCUT2D eigenvalue weighted by molar-refractivity contribution is 5.91. The number of hydrogen-bond donors (Lipinski definition) is 0. The first-order valence-corrected chi connectivity index (χ1v) is 8.62. The molecule has 6 heteroatoms. The molecular formula is C19H26FN3O2. The maximum Gasteiger partial charge on any atom is 0.275 e. The molecule has 0 aliphatic carbocycles. The lowest BCUT2D eigenvalue weighted by atomic mass is 10.1. The fourth-order valence-corrected chi connectivity index (χ4v) is 2.44. The average molecular weight is 347 g/mol. The number of amides is 1. The number of aromatic nitrogens is 1. The molecule has 1 unspecified atom stereocenters. The summed E-state index contributed by atoms with van der Waals surface area (Å²) in [4.78, 5) is 20.3. The molecule has 0 fully saturated rings. The van der Waals surface area contributed by atoms with Crippen LogP contribution in [0.15, 0.2) is 34.9 Å².